The van der Waals surface area contributed by atoms with E-state index in [1.807, 2.05) is 0 Å². The van der Waals surface area contributed by atoms with Gasteiger partial charge in [0, 0.05) is 34.3 Å². The highest BCUT2D eigenvalue weighted by Crippen LogP contribution is 2.21. The second-order valence-electron chi connectivity index (χ2n) is 4.27. The molecule has 1 heterocycles. The first-order valence-corrected chi connectivity index (χ1v) is 7.33. The number of rotatable bonds is 3. The van der Waals surface area contributed by atoms with Crippen LogP contribution in [-0.4, -0.2) is 22.8 Å². The first-order chi connectivity index (χ1) is 9.47. The van der Waals surface area contributed by atoms with Crippen molar-refractivity contribution >= 4 is 45.0 Å². The standard InChI is InChI=1S/C14H11BrCl2N2O/c1-19(8-9-5-10(16)7-11(17)6-9)14(20)13-12(15)3-2-4-18-13/h2-7H,8H2,1H3. The Morgan fingerprint density at radius 3 is 2.55 bits per heavy atom. The highest BCUT2D eigenvalue weighted by Gasteiger charge is 2.16. The SMILES string of the molecule is CN(Cc1cc(Cl)cc(Cl)c1)C(=O)c1ncccc1Br. The zero-order valence-corrected chi connectivity index (χ0v) is 13.7. The average Bonchev–Trinajstić information content (AvgIpc) is 2.37. The number of nitrogens with zero attached hydrogens (tertiary/aromatic N) is 2. The third-order valence-electron chi connectivity index (χ3n) is 2.65. The van der Waals surface area contributed by atoms with Crippen LogP contribution in [0.15, 0.2) is 41.0 Å². The van der Waals surface area contributed by atoms with Crippen molar-refractivity contribution in [3.63, 3.8) is 0 Å². The molecule has 2 rings (SSSR count). The van der Waals surface area contributed by atoms with Crippen molar-refractivity contribution < 1.29 is 4.79 Å². The van der Waals surface area contributed by atoms with E-state index in [1.165, 1.54) is 0 Å². The van der Waals surface area contributed by atoms with Crippen LogP contribution in [0.25, 0.3) is 0 Å². The summed E-state index contributed by atoms with van der Waals surface area (Å²) in [7, 11) is 1.71. The van der Waals surface area contributed by atoms with Gasteiger partial charge in [0.25, 0.3) is 5.91 Å². The highest BCUT2D eigenvalue weighted by atomic mass is 79.9. The van der Waals surface area contributed by atoms with Gasteiger partial charge in [-0.3, -0.25) is 4.79 Å². The molecular formula is C14H11BrCl2N2O. The molecule has 0 unspecified atom stereocenters. The highest BCUT2D eigenvalue weighted by molar-refractivity contribution is 9.10. The van der Waals surface area contributed by atoms with Gasteiger partial charge >= 0.3 is 0 Å². The zero-order valence-electron chi connectivity index (χ0n) is 10.6. The van der Waals surface area contributed by atoms with Crippen LogP contribution in [0.5, 0.6) is 0 Å². The molecule has 0 aliphatic carbocycles. The summed E-state index contributed by atoms with van der Waals surface area (Å²) in [6.45, 7) is 0.405. The van der Waals surface area contributed by atoms with Gasteiger partial charge in [0.2, 0.25) is 0 Å². The summed E-state index contributed by atoms with van der Waals surface area (Å²) >= 11 is 15.2. The Labute approximate surface area is 135 Å². The Hall–Kier alpha value is -1.10. The third-order valence-corrected chi connectivity index (χ3v) is 3.73. The van der Waals surface area contributed by atoms with E-state index >= 15 is 0 Å². The van der Waals surface area contributed by atoms with Crippen LogP contribution >= 0.6 is 39.1 Å². The Morgan fingerprint density at radius 1 is 1.30 bits per heavy atom. The lowest BCUT2D eigenvalue weighted by Gasteiger charge is -2.17. The van der Waals surface area contributed by atoms with Gasteiger partial charge in [0.05, 0.1) is 0 Å². The molecule has 2 aromatic rings. The molecule has 0 radical (unpaired) electrons. The maximum absolute atomic E-state index is 12.3. The summed E-state index contributed by atoms with van der Waals surface area (Å²) in [5.41, 5.74) is 1.24. The molecule has 1 amide bonds. The number of amides is 1. The summed E-state index contributed by atoms with van der Waals surface area (Å²) in [6, 6.07) is 8.76. The van der Waals surface area contributed by atoms with Crippen LogP contribution in [0.1, 0.15) is 16.1 Å². The van der Waals surface area contributed by atoms with Gasteiger partial charge < -0.3 is 4.90 Å². The molecule has 1 aromatic carbocycles. The molecule has 1 aromatic heterocycles. The first kappa shape index (κ1) is 15.3. The van der Waals surface area contributed by atoms with E-state index in [1.54, 1.807) is 48.5 Å². The summed E-state index contributed by atoms with van der Waals surface area (Å²) in [4.78, 5) is 18.0. The van der Waals surface area contributed by atoms with E-state index in [4.69, 9.17) is 23.2 Å². The fourth-order valence-corrected chi connectivity index (χ4v) is 2.77. The molecule has 20 heavy (non-hydrogen) atoms. The van der Waals surface area contributed by atoms with Gasteiger partial charge in [-0.2, -0.15) is 0 Å². The number of hydrogen-bond acceptors (Lipinski definition) is 2. The maximum Gasteiger partial charge on any atom is 0.273 e. The van der Waals surface area contributed by atoms with Gasteiger partial charge in [-0.25, -0.2) is 4.98 Å². The van der Waals surface area contributed by atoms with E-state index < -0.39 is 0 Å². The number of carbonyl (C=O) groups excluding carboxylic acids is 1. The Kier molecular flexibility index (Phi) is 5.02. The topological polar surface area (TPSA) is 33.2 Å². The summed E-state index contributed by atoms with van der Waals surface area (Å²) in [6.07, 6.45) is 1.59. The lowest BCUT2D eigenvalue weighted by molar-refractivity contribution is 0.0778. The summed E-state index contributed by atoms with van der Waals surface area (Å²) < 4.78 is 0.668. The molecule has 0 saturated heterocycles. The molecule has 0 aliphatic rings. The Bertz CT molecular complexity index is 629. The number of benzene rings is 1. The molecule has 0 atom stereocenters. The van der Waals surface area contributed by atoms with Gasteiger partial charge in [-0.05, 0) is 51.8 Å². The quantitative estimate of drug-likeness (QED) is 0.797. The number of halogens is 3. The predicted molar refractivity (Wildman–Crippen MR) is 84.2 cm³/mol. The van der Waals surface area contributed by atoms with E-state index in [9.17, 15) is 4.79 Å². The second kappa shape index (κ2) is 6.57. The van der Waals surface area contributed by atoms with E-state index in [0.29, 0.717) is 26.8 Å². The molecule has 6 heteroatoms. The van der Waals surface area contributed by atoms with Crippen molar-refractivity contribution in [1.82, 2.24) is 9.88 Å². The van der Waals surface area contributed by atoms with Crippen LogP contribution in [0.2, 0.25) is 10.0 Å². The molecular weight excluding hydrogens is 363 g/mol. The summed E-state index contributed by atoms with van der Waals surface area (Å²) in [5.74, 6) is -0.173. The lowest BCUT2D eigenvalue weighted by Crippen LogP contribution is -2.27. The van der Waals surface area contributed by atoms with Gasteiger partial charge in [0.1, 0.15) is 5.69 Å². The monoisotopic (exact) mass is 372 g/mol. The molecule has 0 fully saturated rings. The number of pyridine rings is 1. The smallest absolute Gasteiger partial charge is 0.273 e. The molecule has 0 saturated carbocycles. The van der Waals surface area contributed by atoms with Gasteiger partial charge in [-0.15, -0.1) is 0 Å². The van der Waals surface area contributed by atoms with Gasteiger partial charge in [-0.1, -0.05) is 23.2 Å². The van der Waals surface area contributed by atoms with Crippen molar-refractivity contribution in [3.8, 4) is 0 Å². The first-order valence-electron chi connectivity index (χ1n) is 5.78. The predicted octanol–water partition coefficient (Wildman–Crippen LogP) is 4.42. The molecule has 104 valence electrons. The molecule has 0 spiro atoms. The Morgan fingerprint density at radius 2 is 1.95 bits per heavy atom. The lowest BCUT2D eigenvalue weighted by atomic mass is 10.2. The average molecular weight is 374 g/mol. The molecule has 0 bridgehead atoms. The number of aromatic nitrogens is 1. The minimum absolute atomic E-state index is 0.173. The fourth-order valence-electron chi connectivity index (χ4n) is 1.77. The fraction of sp³-hybridized carbons (Fsp3) is 0.143. The summed E-state index contributed by atoms with van der Waals surface area (Å²) in [5, 5.41) is 1.10. The Balaban J connectivity index is 2.18. The maximum atomic E-state index is 12.3. The van der Waals surface area contributed by atoms with Crippen LogP contribution in [0, 0.1) is 0 Å². The third kappa shape index (κ3) is 3.72. The second-order valence-corrected chi connectivity index (χ2v) is 6.00. The van der Waals surface area contributed by atoms with Crippen LogP contribution in [0.4, 0.5) is 0 Å². The zero-order chi connectivity index (χ0) is 14.7. The van der Waals surface area contributed by atoms with Crippen LogP contribution < -0.4 is 0 Å². The number of hydrogen-bond donors (Lipinski definition) is 0. The minimum atomic E-state index is -0.173. The van der Waals surface area contributed by atoms with Crippen LogP contribution in [-0.2, 0) is 6.54 Å². The van der Waals surface area contributed by atoms with Crippen molar-refractivity contribution in [3.05, 3.63) is 62.3 Å². The normalized spacial score (nSPS) is 10.4. The van der Waals surface area contributed by atoms with E-state index in [0.717, 1.165) is 5.56 Å². The van der Waals surface area contributed by atoms with E-state index in [-0.39, 0.29) is 5.91 Å². The van der Waals surface area contributed by atoms with Crippen molar-refractivity contribution in [1.29, 1.82) is 0 Å². The van der Waals surface area contributed by atoms with Crippen molar-refractivity contribution in [2.24, 2.45) is 0 Å². The minimum Gasteiger partial charge on any atom is -0.336 e. The largest absolute Gasteiger partial charge is 0.336 e. The van der Waals surface area contributed by atoms with Crippen molar-refractivity contribution in [2.75, 3.05) is 7.05 Å². The van der Waals surface area contributed by atoms with Gasteiger partial charge in [0.15, 0.2) is 0 Å². The molecule has 3 nitrogen and oxygen atoms in total. The molecule has 0 N–H and O–H groups in total. The molecule has 0 aliphatic heterocycles. The van der Waals surface area contributed by atoms with Crippen LogP contribution in [0.3, 0.4) is 0 Å². The van der Waals surface area contributed by atoms with Crippen molar-refractivity contribution in [2.45, 2.75) is 6.54 Å². The number of carbonyl (C=O) groups is 1. The van der Waals surface area contributed by atoms with E-state index in [2.05, 4.69) is 20.9 Å².